The monoisotopic (exact) mass is 269 g/mol. The first kappa shape index (κ1) is 12.0. The van der Waals surface area contributed by atoms with Crippen LogP contribution >= 0.6 is 11.8 Å². The normalized spacial score (nSPS) is 17.5. The number of carbonyl (C=O) groups excluding carboxylic acids is 2. The van der Waals surface area contributed by atoms with Crippen molar-refractivity contribution in [1.29, 1.82) is 0 Å². The van der Waals surface area contributed by atoms with Crippen molar-refractivity contribution in [2.45, 2.75) is 10.9 Å². The number of rotatable bonds is 2. The Labute approximate surface area is 115 Å². The van der Waals surface area contributed by atoms with E-state index >= 15 is 0 Å². The molecule has 0 saturated carbocycles. The van der Waals surface area contributed by atoms with Crippen LogP contribution in [0, 0.1) is 0 Å². The molecule has 1 aliphatic heterocycles. The summed E-state index contributed by atoms with van der Waals surface area (Å²) in [5.74, 6) is -0.187. The first-order valence-electron chi connectivity index (χ1n) is 5.92. The topological polar surface area (TPSA) is 46.2 Å². The van der Waals surface area contributed by atoms with Crippen LogP contribution in [-0.4, -0.2) is 16.9 Å². The molecule has 0 spiro atoms. The molecule has 1 N–H and O–H groups in total. The summed E-state index contributed by atoms with van der Waals surface area (Å²) in [5, 5.41) is 2.87. The second kappa shape index (κ2) is 4.90. The lowest BCUT2D eigenvalue weighted by Gasteiger charge is -2.24. The maximum Gasteiger partial charge on any atom is 0.224 e. The van der Waals surface area contributed by atoms with Crippen molar-refractivity contribution < 1.29 is 9.59 Å². The second-order valence-electron chi connectivity index (χ2n) is 4.22. The summed E-state index contributed by atoms with van der Waals surface area (Å²) in [6.45, 7) is 0. The van der Waals surface area contributed by atoms with E-state index in [4.69, 9.17) is 0 Å². The number of benzene rings is 2. The van der Waals surface area contributed by atoms with Gasteiger partial charge < -0.3 is 5.32 Å². The molecule has 94 valence electrons. The number of para-hydroxylation sites is 1. The summed E-state index contributed by atoms with van der Waals surface area (Å²) in [6, 6.07) is 15.6. The number of hydrogen-bond donors (Lipinski definition) is 1. The van der Waals surface area contributed by atoms with Gasteiger partial charge >= 0.3 is 0 Å². The van der Waals surface area contributed by atoms with Crippen LogP contribution in [-0.2, 0) is 4.79 Å². The van der Waals surface area contributed by atoms with E-state index in [0.29, 0.717) is 5.56 Å². The molecule has 0 unspecified atom stereocenters. The standard InChI is InChI=1S/C15H11NO2S/c17-14(10-6-2-1-3-7-10)13-15(18)19-12-9-5-4-8-11(12)16-13/h1-9,13,16H/t13-/m1/s1. The van der Waals surface area contributed by atoms with Crippen LogP contribution in [0.5, 0.6) is 0 Å². The molecule has 0 fully saturated rings. The summed E-state index contributed by atoms with van der Waals surface area (Å²) in [7, 11) is 0. The molecule has 2 aromatic rings. The second-order valence-corrected chi connectivity index (χ2v) is 5.27. The van der Waals surface area contributed by atoms with Gasteiger partial charge in [-0.1, -0.05) is 42.5 Å². The predicted octanol–water partition coefficient (Wildman–Crippen LogP) is 2.98. The van der Waals surface area contributed by atoms with E-state index in [9.17, 15) is 9.59 Å². The Balaban J connectivity index is 1.91. The quantitative estimate of drug-likeness (QED) is 0.672. The fraction of sp³-hybridized carbons (Fsp3) is 0.0667. The van der Waals surface area contributed by atoms with E-state index in [1.165, 1.54) is 0 Å². The van der Waals surface area contributed by atoms with Crippen molar-refractivity contribution in [3.63, 3.8) is 0 Å². The van der Waals surface area contributed by atoms with Gasteiger partial charge in [0.1, 0.15) is 0 Å². The lowest BCUT2D eigenvalue weighted by molar-refractivity contribution is -0.110. The zero-order valence-corrected chi connectivity index (χ0v) is 10.8. The van der Waals surface area contributed by atoms with Crippen LogP contribution in [0.3, 0.4) is 0 Å². The van der Waals surface area contributed by atoms with Crippen molar-refractivity contribution in [3.8, 4) is 0 Å². The van der Waals surface area contributed by atoms with E-state index in [0.717, 1.165) is 22.3 Å². The molecule has 1 aliphatic rings. The molecule has 3 rings (SSSR count). The highest BCUT2D eigenvalue weighted by atomic mass is 32.2. The van der Waals surface area contributed by atoms with Gasteiger partial charge in [-0.05, 0) is 23.9 Å². The molecule has 1 atom stereocenters. The lowest BCUT2D eigenvalue weighted by atomic mass is 10.0. The fourth-order valence-electron chi connectivity index (χ4n) is 2.00. The molecule has 4 heteroatoms. The van der Waals surface area contributed by atoms with Crippen molar-refractivity contribution in [1.82, 2.24) is 0 Å². The van der Waals surface area contributed by atoms with Crippen LogP contribution in [0.25, 0.3) is 0 Å². The van der Waals surface area contributed by atoms with E-state index in [1.807, 2.05) is 30.3 Å². The minimum Gasteiger partial charge on any atom is -0.367 e. The molecular formula is C15H11NO2S. The zero-order chi connectivity index (χ0) is 13.2. The number of carbonyl (C=O) groups is 2. The molecular weight excluding hydrogens is 258 g/mol. The number of thioether (sulfide) groups is 1. The van der Waals surface area contributed by atoms with Crippen LogP contribution in [0.15, 0.2) is 59.5 Å². The van der Waals surface area contributed by atoms with E-state index < -0.39 is 6.04 Å². The summed E-state index contributed by atoms with van der Waals surface area (Å²) in [5.41, 5.74) is 1.38. The van der Waals surface area contributed by atoms with Crippen molar-refractivity contribution in [2.75, 3.05) is 5.32 Å². The molecule has 0 aliphatic carbocycles. The number of anilines is 1. The first-order chi connectivity index (χ1) is 9.25. The molecule has 0 radical (unpaired) electrons. The molecule has 0 amide bonds. The van der Waals surface area contributed by atoms with Crippen LogP contribution in [0.1, 0.15) is 10.4 Å². The molecule has 3 nitrogen and oxygen atoms in total. The predicted molar refractivity (Wildman–Crippen MR) is 75.5 cm³/mol. The Morgan fingerprint density at radius 3 is 2.47 bits per heavy atom. The number of Topliss-reactive ketones (excluding diaryl/α,β-unsaturated/α-hetero) is 1. The van der Waals surface area contributed by atoms with Gasteiger partial charge in [0.15, 0.2) is 11.8 Å². The summed E-state index contributed by atoms with van der Waals surface area (Å²) in [6.07, 6.45) is 0. The Morgan fingerprint density at radius 1 is 1.00 bits per heavy atom. The van der Waals surface area contributed by atoms with E-state index in [1.54, 1.807) is 24.3 Å². The van der Waals surface area contributed by atoms with Crippen molar-refractivity contribution in [2.24, 2.45) is 0 Å². The first-order valence-corrected chi connectivity index (χ1v) is 6.74. The van der Waals surface area contributed by atoms with Crippen molar-refractivity contribution >= 4 is 28.3 Å². The smallest absolute Gasteiger partial charge is 0.224 e. The largest absolute Gasteiger partial charge is 0.367 e. The molecule has 0 aromatic heterocycles. The summed E-state index contributed by atoms with van der Waals surface area (Å²) in [4.78, 5) is 25.2. The van der Waals surface area contributed by atoms with E-state index in [2.05, 4.69) is 5.32 Å². The third kappa shape index (κ3) is 2.27. The zero-order valence-electron chi connectivity index (χ0n) is 10.00. The molecule has 0 bridgehead atoms. The van der Waals surface area contributed by atoms with Gasteiger partial charge in [-0.3, -0.25) is 9.59 Å². The SMILES string of the molecule is O=C1Sc2ccccc2N[C@@H]1C(=O)c1ccccc1. The van der Waals surface area contributed by atoms with Crippen molar-refractivity contribution in [3.05, 3.63) is 60.2 Å². The highest BCUT2D eigenvalue weighted by Gasteiger charge is 2.32. The fourth-order valence-corrected chi connectivity index (χ4v) is 2.88. The lowest BCUT2D eigenvalue weighted by Crippen LogP contribution is -2.38. The Hall–Kier alpha value is -2.07. The third-order valence-corrected chi connectivity index (χ3v) is 3.97. The van der Waals surface area contributed by atoms with Gasteiger partial charge in [-0.15, -0.1) is 0 Å². The van der Waals surface area contributed by atoms with Crippen LogP contribution in [0.2, 0.25) is 0 Å². The summed E-state index contributed by atoms with van der Waals surface area (Å²) < 4.78 is 0. The van der Waals surface area contributed by atoms with Gasteiger partial charge in [-0.2, -0.15) is 0 Å². The molecule has 19 heavy (non-hydrogen) atoms. The Morgan fingerprint density at radius 2 is 1.68 bits per heavy atom. The minimum atomic E-state index is -0.803. The average molecular weight is 269 g/mol. The Kier molecular flexibility index (Phi) is 3.09. The number of hydrogen-bond acceptors (Lipinski definition) is 4. The molecule has 0 saturated heterocycles. The van der Waals surface area contributed by atoms with Crippen LogP contribution < -0.4 is 5.32 Å². The maximum absolute atomic E-state index is 12.3. The van der Waals surface area contributed by atoms with E-state index in [-0.39, 0.29) is 10.9 Å². The van der Waals surface area contributed by atoms with Gasteiger partial charge in [0.2, 0.25) is 5.12 Å². The third-order valence-electron chi connectivity index (χ3n) is 2.95. The molecule has 1 heterocycles. The number of fused-ring (bicyclic) bond motifs is 1. The Bertz CT molecular complexity index is 640. The number of ketones is 1. The molecule has 2 aromatic carbocycles. The highest BCUT2D eigenvalue weighted by molar-refractivity contribution is 8.14. The summed E-state index contributed by atoms with van der Waals surface area (Å²) >= 11 is 1.12. The highest BCUT2D eigenvalue weighted by Crippen LogP contribution is 2.34. The van der Waals surface area contributed by atoms with Gasteiger partial charge in [0.25, 0.3) is 0 Å². The van der Waals surface area contributed by atoms with Gasteiger partial charge in [-0.25, -0.2) is 0 Å². The van der Waals surface area contributed by atoms with Gasteiger partial charge in [0.05, 0.1) is 0 Å². The van der Waals surface area contributed by atoms with Crippen LogP contribution in [0.4, 0.5) is 5.69 Å². The van der Waals surface area contributed by atoms with Gasteiger partial charge in [0, 0.05) is 16.1 Å². The number of nitrogens with one attached hydrogen (secondary N) is 1. The average Bonchev–Trinajstić information content (AvgIpc) is 2.47. The maximum atomic E-state index is 12.3. The minimum absolute atomic E-state index is 0.160.